The van der Waals surface area contributed by atoms with Crippen LogP contribution in [0.2, 0.25) is 0 Å². The Morgan fingerprint density at radius 1 is 1.06 bits per heavy atom. The van der Waals surface area contributed by atoms with Crippen LogP contribution in [0, 0.1) is 6.92 Å². The van der Waals surface area contributed by atoms with E-state index < -0.39 is 10.0 Å². The Morgan fingerprint density at radius 3 is 2.66 bits per heavy atom. The molecule has 2 aromatic heterocycles. The summed E-state index contributed by atoms with van der Waals surface area (Å²) in [7, 11) is -3.67. The lowest BCUT2D eigenvalue weighted by atomic mass is 10.00. The second-order valence-electron chi connectivity index (χ2n) is 7.82. The van der Waals surface area contributed by atoms with Gasteiger partial charge in [0.25, 0.3) is 0 Å². The van der Waals surface area contributed by atoms with E-state index in [1.165, 1.54) is 0 Å². The van der Waals surface area contributed by atoms with Crippen LogP contribution in [0.4, 0.5) is 11.5 Å². The maximum Gasteiger partial charge on any atom is 0.240 e. The van der Waals surface area contributed by atoms with E-state index in [0.717, 1.165) is 16.8 Å². The molecule has 32 heavy (non-hydrogen) atoms. The van der Waals surface area contributed by atoms with E-state index in [0.29, 0.717) is 49.8 Å². The number of hydrogen-bond donors (Lipinski definition) is 2. The largest absolute Gasteiger partial charge is 0.369 e. The summed E-state index contributed by atoms with van der Waals surface area (Å²) in [5, 5.41) is 7.30. The van der Waals surface area contributed by atoms with Crippen molar-refractivity contribution in [3.8, 4) is 5.82 Å². The zero-order valence-electron chi connectivity index (χ0n) is 17.6. The average Bonchev–Trinajstić information content (AvgIpc) is 3.44. The van der Waals surface area contributed by atoms with Gasteiger partial charge < -0.3 is 10.2 Å². The maximum absolute atomic E-state index is 12.9. The number of carbonyl (C=O) groups excluding carboxylic acids is 1. The standard InChI is InChI=1S/C21H23N7O3S/c1-14-25-18(13-19(26-14)28-9-2-6-23-28)22-7-8-24-32(30,31)17-11-15-3-4-20(29)27-10-5-16(12-17)21(15)27/h2,6,9,11-13,24H,3-5,7-8,10H2,1H3,(H,22,25,26). The number of amides is 1. The minimum absolute atomic E-state index is 0.117. The van der Waals surface area contributed by atoms with Crippen LogP contribution in [0.5, 0.6) is 0 Å². The van der Waals surface area contributed by atoms with Crippen LogP contribution in [0.25, 0.3) is 5.82 Å². The van der Waals surface area contributed by atoms with E-state index in [1.807, 2.05) is 6.07 Å². The van der Waals surface area contributed by atoms with Crippen LogP contribution >= 0.6 is 0 Å². The van der Waals surface area contributed by atoms with Gasteiger partial charge in [0.05, 0.1) is 10.6 Å². The molecule has 3 aromatic rings. The highest BCUT2D eigenvalue weighted by Crippen LogP contribution is 2.38. The summed E-state index contributed by atoms with van der Waals surface area (Å²) in [4.78, 5) is 22.8. The maximum atomic E-state index is 12.9. The molecule has 0 saturated carbocycles. The third kappa shape index (κ3) is 3.84. The molecule has 0 aliphatic carbocycles. The zero-order chi connectivity index (χ0) is 22.3. The number of nitrogens with one attached hydrogen (secondary N) is 2. The number of benzene rings is 1. The predicted molar refractivity (Wildman–Crippen MR) is 118 cm³/mol. The van der Waals surface area contributed by atoms with Gasteiger partial charge in [0.2, 0.25) is 15.9 Å². The molecule has 5 rings (SSSR count). The molecule has 0 fully saturated rings. The average molecular weight is 454 g/mol. The van der Waals surface area contributed by atoms with Crippen LogP contribution < -0.4 is 14.9 Å². The van der Waals surface area contributed by atoms with Crippen LogP contribution in [0.1, 0.15) is 23.4 Å². The fourth-order valence-corrected chi connectivity index (χ4v) is 5.34. The molecule has 0 radical (unpaired) electrons. The van der Waals surface area contributed by atoms with Crippen molar-refractivity contribution in [1.82, 2.24) is 24.5 Å². The van der Waals surface area contributed by atoms with Crippen molar-refractivity contribution in [3.63, 3.8) is 0 Å². The molecular formula is C21H23N7O3S. The minimum atomic E-state index is -3.67. The van der Waals surface area contributed by atoms with E-state index in [4.69, 9.17) is 0 Å². The first-order valence-corrected chi connectivity index (χ1v) is 11.9. The van der Waals surface area contributed by atoms with Gasteiger partial charge in [-0.2, -0.15) is 5.10 Å². The number of aromatic nitrogens is 4. The molecular weight excluding hydrogens is 430 g/mol. The molecule has 0 spiro atoms. The lowest BCUT2D eigenvalue weighted by molar-refractivity contribution is -0.118. The number of carbonyl (C=O) groups is 1. The van der Waals surface area contributed by atoms with Crippen molar-refractivity contribution in [2.45, 2.75) is 31.1 Å². The molecule has 0 bridgehead atoms. The second kappa shape index (κ2) is 7.99. The topological polar surface area (TPSA) is 122 Å². The number of rotatable bonds is 7. The molecule has 0 saturated heterocycles. The molecule has 4 heterocycles. The van der Waals surface area contributed by atoms with Gasteiger partial charge in [0, 0.05) is 44.5 Å². The smallest absolute Gasteiger partial charge is 0.240 e. The van der Waals surface area contributed by atoms with Crippen molar-refractivity contribution in [2.75, 3.05) is 29.9 Å². The van der Waals surface area contributed by atoms with E-state index in [9.17, 15) is 13.2 Å². The molecule has 2 N–H and O–H groups in total. The van der Waals surface area contributed by atoms with Gasteiger partial charge in [-0.05, 0) is 49.1 Å². The Balaban J connectivity index is 1.25. The highest BCUT2D eigenvalue weighted by molar-refractivity contribution is 7.89. The summed E-state index contributed by atoms with van der Waals surface area (Å²) in [5.74, 6) is 1.92. The van der Waals surface area contributed by atoms with Crippen LogP contribution in [0.3, 0.4) is 0 Å². The lowest BCUT2D eigenvalue weighted by Crippen LogP contribution is -2.33. The summed E-state index contributed by atoms with van der Waals surface area (Å²) >= 11 is 0. The number of anilines is 2. The molecule has 2 aliphatic rings. The van der Waals surface area contributed by atoms with E-state index in [1.54, 1.807) is 47.1 Å². The normalized spacial score (nSPS) is 15.2. The lowest BCUT2D eigenvalue weighted by Gasteiger charge is -2.25. The molecule has 1 amide bonds. The van der Waals surface area contributed by atoms with Crippen LogP contribution in [-0.4, -0.2) is 53.7 Å². The van der Waals surface area contributed by atoms with Crippen LogP contribution in [-0.2, 0) is 27.7 Å². The Morgan fingerprint density at radius 2 is 1.88 bits per heavy atom. The first-order chi connectivity index (χ1) is 15.4. The quantitative estimate of drug-likeness (QED) is 0.516. The zero-order valence-corrected chi connectivity index (χ0v) is 18.4. The van der Waals surface area contributed by atoms with Crippen molar-refractivity contribution < 1.29 is 13.2 Å². The Bertz CT molecular complexity index is 1290. The number of nitrogens with zero attached hydrogens (tertiary/aromatic N) is 5. The van der Waals surface area contributed by atoms with E-state index in [-0.39, 0.29) is 17.3 Å². The molecule has 11 heteroatoms. The van der Waals surface area contributed by atoms with Crippen molar-refractivity contribution in [2.24, 2.45) is 0 Å². The fourth-order valence-electron chi connectivity index (χ4n) is 4.20. The van der Waals surface area contributed by atoms with Gasteiger partial charge in [-0.3, -0.25) is 4.79 Å². The van der Waals surface area contributed by atoms with Crippen LogP contribution in [0.15, 0.2) is 41.6 Å². The van der Waals surface area contributed by atoms with Gasteiger partial charge in [0.1, 0.15) is 11.6 Å². The third-order valence-electron chi connectivity index (χ3n) is 5.62. The molecule has 166 valence electrons. The monoisotopic (exact) mass is 453 g/mol. The highest BCUT2D eigenvalue weighted by atomic mass is 32.2. The van der Waals surface area contributed by atoms with E-state index >= 15 is 0 Å². The Kier molecular flexibility index (Phi) is 5.14. The second-order valence-corrected chi connectivity index (χ2v) is 9.59. The number of hydrogen-bond acceptors (Lipinski definition) is 7. The SMILES string of the molecule is Cc1nc(NCCNS(=O)(=O)c2cc3c4c(c2)CCN4C(=O)CC3)cc(-n2cccn2)n1. The Labute approximate surface area is 185 Å². The number of aryl methyl sites for hydroxylation is 2. The Hall–Kier alpha value is -3.31. The fraction of sp³-hybridized carbons (Fsp3) is 0.333. The van der Waals surface area contributed by atoms with Crippen molar-refractivity contribution >= 4 is 27.4 Å². The van der Waals surface area contributed by atoms with Gasteiger partial charge in [-0.15, -0.1) is 0 Å². The summed E-state index contributed by atoms with van der Waals surface area (Å²) in [5.41, 5.74) is 2.77. The predicted octanol–water partition coefficient (Wildman–Crippen LogP) is 1.20. The molecule has 0 atom stereocenters. The van der Waals surface area contributed by atoms with Gasteiger partial charge in [-0.25, -0.2) is 27.8 Å². The summed E-state index contributed by atoms with van der Waals surface area (Å²) in [6.45, 7) is 2.96. The van der Waals surface area contributed by atoms with Gasteiger partial charge in [-0.1, -0.05) is 0 Å². The first-order valence-electron chi connectivity index (χ1n) is 10.5. The minimum Gasteiger partial charge on any atom is -0.369 e. The first kappa shape index (κ1) is 20.6. The summed E-state index contributed by atoms with van der Waals surface area (Å²) in [6.07, 6.45) is 5.14. The molecule has 10 nitrogen and oxygen atoms in total. The summed E-state index contributed by atoms with van der Waals surface area (Å²) < 4.78 is 30.1. The van der Waals surface area contributed by atoms with Gasteiger partial charge >= 0.3 is 0 Å². The van der Waals surface area contributed by atoms with E-state index in [2.05, 4.69) is 25.1 Å². The van der Waals surface area contributed by atoms with Crippen molar-refractivity contribution in [3.05, 3.63) is 53.6 Å². The number of sulfonamides is 1. The van der Waals surface area contributed by atoms with Gasteiger partial charge in [0.15, 0.2) is 5.82 Å². The molecule has 0 unspecified atom stereocenters. The molecule has 2 aliphatic heterocycles. The summed E-state index contributed by atoms with van der Waals surface area (Å²) in [6, 6.07) is 6.95. The highest BCUT2D eigenvalue weighted by Gasteiger charge is 2.32. The third-order valence-corrected chi connectivity index (χ3v) is 7.06. The van der Waals surface area contributed by atoms with Crippen molar-refractivity contribution in [1.29, 1.82) is 0 Å². The molecule has 1 aromatic carbocycles.